The molecule has 0 aliphatic rings. The average molecular weight is 296 g/mol. The summed E-state index contributed by atoms with van der Waals surface area (Å²) >= 11 is 11.9. The first-order valence-corrected chi connectivity index (χ1v) is 6.27. The van der Waals surface area contributed by atoms with E-state index in [4.69, 9.17) is 27.9 Å². The van der Waals surface area contributed by atoms with Crippen LogP contribution in [-0.4, -0.2) is 13.0 Å². The van der Waals surface area contributed by atoms with Gasteiger partial charge in [-0.3, -0.25) is 4.79 Å². The van der Waals surface area contributed by atoms with Crippen molar-refractivity contribution in [1.29, 1.82) is 0 Å². The van der Waals surface area contributed by atoms with Crippen molar-refractivity contribution >= 4 is 34.8 Å². The number of carbonyl (C=O) groups is 1. The number of methoxy groups -OCH3 is 1. The van der Waals surface area contributed by atoms with E-state index in [0.717, 1.165) is 0 Å². The Hall–Kier alpha value is -1.71. The third-order valence-corrected chi connectivity index (χ3v) is 3.37. The second-order valence-corrected chi connectivity index (χ2v) is 4.54. The van der Waals surface area contributed by atoms with E-state index in [2.05, 4.69) is 5.32 Å². The summed E-state index contributed by atoms with van der Waals surface area (Å²) in [6, 6.07) is 12.0. The van der Waals surface area contributed by atoms with Crippen molar-refractivity contribution in [3.05, 3.63) is 58.1 Å². The van der Waals surface area contributed by atoms with Gasteiger partial charge in [-0.05, 0) is 24.3 Å². The molecular weight excluding hydrogens is 285 g/mol. The second kappa shape index (κ2) is 5.95. The lowest BCUT2D eigenvalue weighted by molar-refractivity contribution is 0.102. The second-order valence-electron chi connectivity index (χ2n) is 3.76. The molecule has 0 heterocycles. The minimum atomic E-state index is -0.304. The highest BCUT2D eigenvalue weighted by Gasteiger charge is 2.13. The number of amides is 1. The number of benzene rings is 2. The lowest BCUT2D eigenvalue weighted by Crippen LogP contribution is -2.13. The predicted molar refractivity (Wildman–Crippen MR) is 77.4 cm³/mol. The molecule has 19 heavy (non-hydrogen) atoms. The van der Waals surface area contributed by atoms with Crippen LogP contribution in [0.15, 0.2) is 42.5 Å². The maximum absolute atomic E-state index is 12.2. The lowest BCUT2D eigenvalue weighted by atomic mass is 10.2. The van der Waals surface area contributed by atoms with Crippen molar-refractivity contribution < 1.29 is 9.53 Å². The molecule has 1 amide bonds. The highest BCUT2D eigenvalue weighted by molar-refractivity contribution is 6.44. The summed E-state index contributed by atoms with van der Waals surface area (Å²) in [5.74, 6) is 0.194. The van der Waals surface area contributed by atoms with E-state index in [9.17, 15) is 4.79 Å². The number of nitrogens with one attached hydrogen (secondary N) is 1. The molecule has 2 aromatic carbocycles. The molecule has 0 atom stereocenters. The summed E-state index contributed by atoms with van der Waals surface area (Å²) in [7, 11) is 1.51. The zero-order valence-corrected chi connectivity index (χ0v) is 11.6. The van der Waals surface area contributed by atoms with E-state index >= 15 is 0 Å². The molecule has 1 N–H and O–H groups in total. The van der Waals surface area contributed by atoms with E-state index < -0.39 is 0 Å². The molecule has 0 aliphatic heterocycles. The molecule has 0 fully saturated rings. The van der Waals surface area contributed by atoms with Crippen molar-refractivity contribution in [3.63, 3.8) is 0 Å². The normalized spacial score (nSPS) is 10.1. The van der Waals surface area contributed by atoms with E-state index in [1.165, 1.54) is 7.11 Å². The van der Waals surface area contributed by atoms with Crippen LogP contribution in [0, 0.1) is 0 Å². The highest BCUT2D eigenvalue weighted by Crippen LogP contribution is 2.30. The van der Waals surface area contributed by atoms with Crippen LogP contribution in [0.25, 0.3) is 0 Å². The van der Waals surface area contributed by atoms with E-state index in [0.29, 0.717) is 27.0 Å². The fraction of sp³-hybridized carbons (Fsp3) is 0.0714. The maximum Gasteiger partial charge on any atom is 0.259 e. The lowest BCUT2D eigenvalue weighted by Gasteiger charge is -2.10. The molecule has 0 unspecified atom stereocenters. The van der Waals surface area contributed by atoms with Gasteiger partial charge in [-0.15, -0.1) is 0 Å². The molecular formula is C14H11Cl2NO2. The molecule has 0 saturated heterocycles. The highest BCUT2D eigenvalue weighted by atomic mass is 35.5. The molecule has 0 saturated carbocycles. The van der Waals surface area contributed by atoms with Gasteiger partial charge in [-0.25, -0.2) is 0 Å². The first-order chi connectivity index (χ1) is 9.13. The van der Waals surface area contributed by atoms with Crippen molar-refractivity contribution in [2.75, 3.05) is 12.4 Å². The summed E-state index contributed by atoms with van der Waals surface area (Å²) < 4.78 is 5.14. The fourth-order valence-electron chi connectivity index (χ4n) is 1.62. The van der Waals surface area contributed by atoms with Crippen LogP contribution >= 0.6 is 23.2 Å². The Morgan fingerprint density at radius 3 is 2.58 bits per heavy atom. The Bertz CT molecular complexity index is 614. The van der Waals surface area contributed by atoms with Crippen LogP contribution in [0.4, 0.5) is 5.69 Å². The van der Waals surface area contributed by atoms with Gasteiger partial charge in [-0.1, -0.05) is 41.4 Å². The monoisotopic (exact) mass is 295 g/mol. The van der Waals surface area contributed by atoms with Gasteiger partial charge >= 0.3 is 0 Å². The Balaban J connectivity index is 2.28. The number of hydrogen-bond donors (Lipinski definition) is 1. The van der Waals surface area contributed by atoms with Gasteiger partial charge in [0.25, 0.3) is 5.91 Å². The third kappa shape index (κ3) is 3.00. The molecule has 0 aliphatic carbocycles. The summed E-state index contributed by atoms with van der Waals surface area (Å²) in [5.41, 5.74) is 0.895. The molecule has 3 nitrogen and oxygen atoms in total. The zero-order chi connectivity index (χ0) is 13.8. The summed E-state index contributed by atoms with van der Waals surface area (Å²) in [6.45, 7) is 0. The Kier molecular flexibility index (Phi) is 4.30. The van der Waals surface area contributed by atoms with Crippen molar-refractivity contribution in [1.82, 2.24) is 0 Å². The number of anilines is 1. The SMILES string of the molecule is COc1ccccc1C(=O)Nc1cccc(Cl)c1Cl. The summed E-state index contributed by atoms with van der Waals surface area (Å²) in [4.78, 5) is 12.2. The quantitative estimate of drug-likeness (QED) is 0.919. The van der Waals surface area contributed by atoms with Crippen LogP contribution in [0.1, 0.15) is 10.4 Å². The Morgan fingerprint density at radius 1 is 1.11 bits per heavy atom. The molecule has 0 radical (unpaired) electrons. The molecule has 0 aromatic heterocycles. The standard InChI is InChI=1S/C14H11Cl2NO2/c1-19-12-8-3-2-5-9(12)14(18)17-11-7-4-6-10(15)13(11)16/h2-8H,1H3,(H,17,18). The minimum absolute atomic E-state index is 0.304. The molecule has 2 aromatic rings. The number of hydrogen-bond acceptors (Lipinski definition) is 2. The van der Waals surface area contributed by atoms with Crippen LogP contribution in [0.2, 0.25) is 10.0 Å². The van der Waals surface area contributed by atoms with Crippen LogP contribution < -0.4 is 10.1 Å². The predicted octanol–water partition coefficient (Wildman–Crippen LogP) is 4.25. The van der Waals surface area contributed by atoms with Crippen LogP contribution in [0.5, 0.6) is 5.75 Å². The molecule has 0 spiro atoms. The van der Waals surface area contributed by atoms with Crippen molar-refractivity contribution in [3.8, 4) is 5.75 Å². The first-order valence-electron chi connectivity index (χ1n) is 5.52. The van der Waals surface area contributed by atoms with E-state index in [-0.39, 0.29) is 5.91 Å². The number of para-hydroxylation sites is 1. The molecule has 2 rings (SSSR count). The van der Waals surface area contributed by atoms with Gasteiger partial charge in [0.05, 0.1) is 28.4 Å². The van der Waals surface area contributed by atoms with Gasteiger partial charge in [0.2, 0.25) is 0 Å². The zero-order valence-electron chi connectivity index (χ0n) is 10.1. The van der Waals surface area contributed by atoms with Gasteiger partial charge in [0.15, 0.2) is 0 Å². The number of rotatable bonds is 3. The van der Waals surface area contributed by atoms with Crippen LogP contribution in [0.3, 0.4) is 0 Å². The number of carbonyl (C=O) groups excluding carboxylic acids is 1. The topological polar surface area (TPSA) is 38.3 Å². The summed E-state index contributed by atoms with van der Waals surface area (Å²) in [5, 5.41) is 3.41. The van der Waals surface area contributed by atoms with E-state index in [1.54, 1.807) is 42.5 Å². The molecule has 98 valence electrons. The van der Waals surface area contributed by atoms with Crippen molar-refractivity contribution in [2.45, 2.75) is 0 Å². The van der Waals surface area contributed by atoms with Gasteiger partial charge in [0.1, 0.15) is 5.75 Å². The number of halogens is 2. The Morgan fingerprint density at radius 2 is 1.84 bits per heavy atom. The number of ether oxygens (including phenoxy) is 1. The molecule has 5 heteroatoms. The van der Waals surface area contributed by atoms with Gasteiger partial charge < -0.3 is 10.1 Å². The largest absolute Gasteiger partial charge is 0.496 e. The summed E-state index contributed by atoms with van der Waals surface area (Å²) in [6.07, 6.45) is 0. The van der Waals surface area contributed by atoms with Gasteiger partial charge in [0, 0.05) is 0 Å². The Labute approximate surface area is 121 Å². The van der Waals surface area contributed by atoms with Crippen LogP contribution in [-0.2, 0) is 0 Å². The van der Waals surface area contributed by atoms with E-state index in [1.807, 2.05) is 0 Å². The molecule has 0 bridgehead atoms. The van der Waals surface area contributed by atoms with Gasteiger partial charge in [-0.2, -0.15) is 0 Å². The first kappa shape index (κ1) is 13.7. The maximum atomic E-state index is 12.2. The average Bonchev–Trinajstić information content (AvgIpc) is 2.43. The fourth-order valence-corrected chi connectivity index (χ4v) is 1.97. The smallest absolute Gasteiger partial charge is 0.259 e. The minimum Gasteiger partial charge on any atom is -0.496 e. The third-order valence-electron chi connectivity index (χ3n) is 2.55. The van der Waals surface area contributed by atoms with Crippen molar-refractivity contribution in [2.24, 2.45) is 0 Å².